The number of amides is 2. The number of rotatable bonds is 8. The van der Waals surface area contributed by atoms with Crippen molar-refractivity contribution in [3.05, 3.63) is 72.8 Å². The molecule has 198 valence electrons. The van der Waals surface area contributed by atoms with Gasteiger partial charge in [0.15, 0.2) is 11.5 Å². The maximum atomic E-state index is 11.8. The number of nitrogens with one attached hydrogen (secondary N) is 1. The van der Waals surface area contributed by atoms with Gasteiger partial charge in [-0.2, -0.15) is 5.10 Å². The zero-order valence-corrected chi connectivity index (χ0v) is 21.9. The first-order valence-electron chi connectivity index (χ1n) is 12.1. The third-order valence-electron chi connectivity index (χ3n) is 6.00. The Kier molecular flexibility index (Phi) is 6.96. The number of urea groups is 1. The van der Waals surface area contributed by atoms with Crippen LogP contribution in [-0.2, 0) is 0 Å². The molecule has 0 saturated carbocycles. The van der Waals surface area contributed by atoms with Gasteiger partial charge in [-0.05, 0) is 36.2 Å². The van der Waals surface area contributed by atoms with Crippen LogP contribution in [0.3, 0.4) is 0 Å². The van der Waals surface area contributed by atoms with Crippen LogP contribution in [0, 0.1) is 0 Å². The summed E-state index contributed by atoms with van der Waals surface area (Å²) >= 11 is 0. The van der Waals surface area contributed by atoms with Crippen molar-refractivity contribution in [2.75, 3.05) is 19.5 Å². The molecule has 3 heterocycles. The van der Waals surface area contributed by atoms with Crippen molar-refractivity contribution >= 4 is 22.8 Å². The second-order valence-corrected chi connectivity index (χ2v) is 8.91. The van der Waals surface area contributed by atoms with Crippen molar-refractivity contribution in [3.8, 4) is 40.1 Å². The number of carbonyl (C=O) groups excluding carboxylic acids is 1. The van der Waals surface area contributed by atoms with Gasteiger partial charge in [0.05, 0.1) is 42.2 Å². The Morgan fingerprint density at radius 2 is 1.77 bits per heavy atom. The van der Waals surface area contributed by atoms with Crippen LogP contribution in [0.2, 0.25) is 0 Å². The fraction of sp³-hybridized carbons (Fsp3) is 0.179. The number of fused-ring (bicyclic) bond motifs is 1. The minimum atomic E-state index is -0.706. The summed E-state index contributed by atoms with van der Waals surface area (Å²) in [5.74, 6) is 2.49. The topological polar surface area (TPSA) is 139 Å². The lowest BCUT2D eigenvalue weighted by Crippen LogP contribution is -2.21. The van der Waals surface area contributed by atoms with Crippen LogP contribution >= 0.6 is 0 Å². The number of ether oxygens (including phenoxy) is 3. The second-order valence-electron chi connectivity index (χ2n) is 8.91. The van der Waals surface area contributed by atoms with Crippen molar-refractivity contribution in [1.29, 1.82) is 0 Å². The number of methoxy groups -OCH3 is 2. The summed E-state index contributed by atoms with van der Waals surface area (Å²) in [5.41, 5.74) is 9.14. The monoisotopic (exact) mass is 525 g/mol. The van der Waals surface area contributed by atoms with Gasteiger partial charge in [-0.1, -0.05) is 19.9 Å². The lowest BCUT2D eigenvalue weighted by molar-refractivity contribution is 0.259. The van der Waals surface area contributed by atoms with Gasteiger partial charge in [-0.3, -0.25) is 10.3 Å². The van der Waals surface area contributed by atoms with Crippen molar-refractivity contribution in [1.82, 2.24) is 24.7 Å². The Morgan fingerprint density at radius 3 is 2.51 bits per heavy atom. The lowest BCUT2D eigenvalue weighted by Gasteiger charge is -2.12. The smallest absolute Gasteiger partial charge is 0.317 e. The van der Waals surface area contributed by atoms with E-state index >= 15 is 0 Å². The maximum absolute atomic E-state index is 11.8. The van der Waals surface area contributed by atoms with E-state index in [-0.39, 0.29) is 5.92 Å². The largest absolute Gasteiger partial charge is 0.493 e. The molecular formula is C28H27N7O4. The van der Waals surface area contributed by atoms with E-state index in [0.717, 1.165) is 11.3 Å². The second kappa shape index (κ2) is 10.7. The number of primary amides is 1. The highest BCUT2D eigenvalue weighted by Gasteiger charge is 2.18. The summed E-state index contributed by atoms with van der Waals surface area (Å²) in [6.07, 6.45) is 3.17. The summed E-state index contributed by atoms with van der Waals surface area (Å²) in [5, 5.41) is 8.09. The van der Waals surface area contributed by atoms with Gasteiger partial charge in [0.25, 0.3) is 0 Å². The standard InChI is InChI=1S/C28H27N7O4/c1-16(2)26-19(9-6-10-30-26)22-14-25(33-28(29)36)35(34-22)17-7-5-8-18(11-17)39-27-20-12-23(37-3)24(38-4)13-21(20)31-15-32-27/h5-16H,1-4H3,(H3,29,33,36). The van der Waals surface area contributed by atoms with Crippen LogP contribution < -0.4 is 25.3 Å². The average molecular weight is 526 g/mol. The quantitative estimate of drug-likeness (QED) is 0.278. The number of aromatic nitrogens is 5. The molecule has 11 nitrogen and oxygen atoms in total. The number of anilines is 1. The molecule has 3 N–H and O–H groups in total. The van der Waals surface area contributed by atoms with E-state index in [1.165, 1.54) is 6.33 Å². The molecular weight excluding hydrogens is 498 g/mol. The molecule has 0 fully saturated rings. The summed E-state index contributed by atoms with van der Waals surface area (Å²) < 4.78 is 18.6. The summed E-state index contributed by atoms with van der Waals surface area (Å²) in [6, 6.07) is 15.6. The number of pyridine rings is 1. The third kappa shape index (κ3) is 5.14. The fourth-order valence-electron chi connectivity index (χ4n) is 4.25. The predicted octanol–water partition coefficient (Wildman–Crippen LogP) is 5.30. The van der Waals surface area contributed by atoms with E-state index < -0.39 is 6.03 Å². The van der Waals surface area contributed by atoms with Gasteiger partial charge in [0, 0.05) is 30.0 Å². The average Bonchev–Trinajstić information content (AvgIpc) is 3.35. The van der Waals surface area contributed by atoms with Gasteiger partial charge in [0.1, 0.15) is 17.9 Å². The molecule has 0 atom stereocenters. The van der Waals surface area contributed by atoms with E-state index in [2.05, 4.69) is 34.1 Å². The molecule has 5 aromatic rings. The van der Waals surface area contributed by atoms with E-state index in [4.69, 9.17) is 25.0 Å². The number of benzene rings is 2. The first-order valence-corrected chi connectivity index (χ1v) is 12.1. The number of carbonyl (C=O) groups is 1. The highest BCUT2D eigenvalue weighted by molar-refractivity contribution is 5.88. The third-order valence-corrected chi connectivity index (χ3v) is 6.00. The van der Waals surface area contributed by atoms with Crippen LogP contribution in [0.4, 0.5) is 10.6 Å². The summed E-state index contributed by atoms with van der Waals surface area (Å²) in [4.78, 5) is 25.0. The van der Waals surface area contributed by atoms with Crippen molar-refractivity contribution < 1.29 is 19.0 Å². The molecule has 0 aliphatic rings. The van der Waals surface area contributed by atoms with Crippen molar-refractivity contribution in [2.45, 2.75) is 19.8 Å². The molecule has 0 unspecified atom stereocenters. The molecule has 5 rings (SSSR count). The Labute approximate surface area is 224 Å². The Bertz CT molecular complexity index is 1670. The first kappa shape index (κ1) is 25.5. The van der Waals surface area contributed by atoms with Crippen LogP contribution in [0.25, 0.3) is 27.8 Å². The number of hydrogen-bond acceptors (Lipinski definition) is 8. The highest BCUT2D eigenvalue weighted by Crippen LogP contribution is 2.36. The molecule has 0 radical (unpaired) electrons. The van der Waals surface area contributed by atoms with E-state index in [9.17, 15) is 4.79 Å². The Hall–Kier alpha value is -5.19. The molecule has 0 spiro atoms. The molecule has 39 heavy (non-hydrogen) atoms. The zero-order valence-electron chi connectivity index (χ0n) is 21.9. The van der Waals surface area contributed by atoms with Crippen molar-refractivity contribution in [2.24, 2.45) is 5.73 Å². The lowest BCUT2D eigenvalue weighted by atomic mass is 10.0. The van der Waals surface area contributed by atoms with E-state index in [0.29, 0.717) is 51.2 Å². The molecule has 0 aliphatic heterocycles. The summed E-state index contributed by atoms with van der Waals surface area (Å²) in [6.45, 7) is 4.13. The molecule has 0 saturated heterocycles. The molecule has 0 aliphatic carbocycles. The SMILES string of the molecule is COc1cc2ncnc(Oc3cccc(-n4nc(-c5cccnc5C(C)C)cc4NC(N)=O)c3)c2cc1OC. The Morgan fingerprint density at radius 1 is 0.974 bits per heavy atom. The van der Waals surface area contributed by atoms with Gasteiger partial charge in [0.2, 0.25) is 5.88 Å². The van der Waals surface area contributed by atoms with Gasteiger partial charge in [-0.15, -0.1) is 0 Å². The van der Waals surface area contributed by atoms with Crippen molar-refractivity contribution in [3.63, 3.8) is 0 Å². The minimum absolute atomic E-state index is 0.178. The van der Waals surface area contributed by atoms with E-state index in [1.807, 2.05) is 24.3 Å². The minimum Gasteiger partial charge on any atom is -0.493 e. The van der Waals surface area contributed by atoms with Crippen LogP contribution in [0.5, 0.6) is 23.1 Å². The first-order chi connectivity index (χ1) is 18.9. The number of nitrogens with two attached hydrogens (primary N) is 1. The Balaban J connectivity index is 1.55. The zero-order chi connectivity index (χ0) is 27.5. The van der Waals surface area contributed by atoms with Crippen LogP contribution in [-0.4, -0.2) is 45.0 Å². The normalized spacial score (nSPS) is 11.0. The molecule has 0 bridgehead atoms. The van der Waals surface area contributed by atoms with Crippen LogP contribution in [0.1, 0.15) is 25.5 Å². The molecule has 3 aromatic heterocycles. The number of nitrogens with zero attached hydrogens (tertiary/aromatic N) is 5. The van der Waals surface area contributed by atoms with Gasteiger partial charge in [-0.25, -0.2) is 19.4 Å². The highest BCUT2D eigenvalue weighted by atomic mass is 16.5. The molecule has 2 aromatic carbocycles. The maximum Gasteiger partial charge on any atom is 0.317 e. The molecule has 2 amide bonds. The summed E-state index contributed by atoms with van der Waals surface area (Å²) in [7, 11) is 3.12. The van der Waals surface area contributed by atoms with E-state index in [1.54, 1.807) is 55.4 Å². The molecule has 11 heteroatoms. The van der Waals surface area contributed by atoms with Gasteiger partial charge < -0.3 is 19.9 Å². The number of hydrogen-bond donors (Lipinski definition) is 2. The van der Waals surface area contributed by atoms with Gasteiger partial charge >= 0.3 is 6.03 Å². The fourth-order valence-corrected chi connectivity index (χ4v) is 4.25. The predicted molar refractivity (Wildman–Crippen MR) is 147 cm³/mol. The van der Waals surface area contributed by atoms with Crippen LogP contribution in [0.15, 0.2) is 67.1 Å².